The third-order valence-corrected chi connectivity index (χ3v) is 1.88. The zero-order valence-electron chi connectivity index (χ0n) is 9.21. The molecule has 0 aliphatic carbocycles. The maximum atomic E-state index is 11.8. The van der Waals surface area contributed by atoms with Gasteiger partial charge < -0.3 is 20.5 Å². The average Bonchev–Trinajstić information content (AvgIpc) is 2.69. The van der Waals surface area contributed by atoms with Crippen molar-refractivity contribution in [2.24, 2.45) is 0 Å². The zero-order chi connectivity index (χ0) is 12.8. The highest BCUT2D eigenvalue weighted by Crippen LogP contribution is 2.00. The Morgan fingerprint density at radius 1 is 1.59 bits per heavy atom. The standard InChI is InChI=1S/C8H13N5O4/c1-17-3-2-13(4-5(14)15)7(16)6-10-8(9)12-11-6/h2-4H2,1H3,(H,14,15)(H3,9,10,11,12). The predicted molar refractivity (Wildman–Crippen MR) is 56.2 cm³/mol. The number of nitrogen functional groups attached to an aromatic ring is 1. The molecule has 0 aromatic carbocycles. The lowest BCUT2D eigenvalue weighted by Gasteiger charge is -2.18. The van der Waals surface area contributed by atoms with Crippen molar-refractivity contribution in [2.75, 3.05) is 32.5 Å². The Labute approximate surface area is 96.6 Å². The summed E-state index contributed by atoms with van der Waals surface area (Å²) in [6, 6.07) is 0. The van der Waals surface area contributed by atoms with Gasteiger partial charge in [0, 0.05) is 13.7 Å². The first-order valence-corrected chi connectivity index (χ1v) is 4.72. The fraction of sp³-hybridized carbons (Fsp3) is 0.500. The van der Waals surface area contributed by atoms with E-state index in [0.717, 1.165) is 4.90 Å². The monoisotopic (exact) mass is 243 g/mol. The summed E-state index contributed by atoms with van der Waals surface area (Å²) in [6.07, 6.45) is 0. The SMILES string of the molecule is COCCN(CC(=O)O)C(=O)c1nc(N)n[nH]1. The molecule has 0 unspecified atom stereocenters. The first kappa shape index (κ1) is 12.9. The van der Waals surface area contributed by atoms with Crippen LogP contribution in [0.5, 0.6) is 0 Å². The number of aromatic amines is 1. The largest absolute Gasteiger partial charge is 0.480 e. The highest BCUT2D eigenvalue weighted by atomic mass is 16.5. The average molecular weight is 243 g/mol. The summed E-state index contributed by atoms with van der Waals surface area (Å²) in [4.78, 5) is 27.1. The molecule has 0 spiro atoms. The number of aliphatic carboxylic acids is 1. The lowest BCUT2D eigenvalue weighted by Crippen LogP contribution is -2.38. The van der Waals surface area contributed by atoms with E-state index < -0.39 is 18.4 Å². The Kier molecular flexibility index (Phi) is 4.40. The second-order valence-electron chi connectivity index (χ2n) is 3.16. The smallest absolute Gasteiger partial charge is 0.323 e. The van der Waals surface area contributed by atoms with Gasteiger partial charge in [-0.05, 0) is 0 Å². The van der Waals surface area contributed by atoms with Gasteiger partial charge in [0.15, 0.2) is 0 Å². The number of anilines is 1. The van der Waals surface area contributed by atoms with Gasteiger partial charge in [0.25, 0.3) is 5.91 Å². The van der Waals surface area contributed by atoms with Crippen molar-refractivity contribution in [3.8, 4) is 0 Å². The molecular weight excluding hydrogens is 230 g/mol. The fourth-order valence-electron chi connectivity index (χ4n) is 1.14. The molecule has 9 nitrogen and oxygen atoms in total. The molecule has 0 saturated carbocycles. The highest BCUT2D eigenvalue weighted by molar-refractivity contribution is 5.92. The number of hydrogen-bond acceptors (Lipinski definition) is 6. The minimum atomic E-state index is -1.12. The van der Waals surface area contributed by atoms with Gasteiger partial charge in [0.2, 0.25) is 11.8 Å². The van der Waals surface area contributed by atoms with E-state index in [-0.39, 0.29) is 24.9 Å². The Balaban J connectivity index is 2.74. The Morgan fingerprint density at radius 3 is 2.76 bits per heavy atom. The molecule has 4 N–H and O–H groups in total. The maximum absolute atomic E-state index is 11.8. The van der Waals surface area contributed by atoms with E-state index in [2.05, 4.69) is 15.2 Å². The van der Waals surface area contributed by atoms with Crippen LogP contribution in [-0.2, 0) is 9.53 Å². The summed E-state index contributed by atoms with van der Waals surface area (Å²) in [5, 5.41) is 14.5. The number of nitrogens with two attached hydrogens (primary N) is 1. The number of H-pyrrole nitrogens is 1. The molecule has 0 radical (unpaired) electrons. The van der Waals surface area contributed by atoms with Crippen LogP contribution in [0.1, 0.15) is 10.6 Å². The molecule has 1 rings (SSSR count). The number of carbonyl (C=O) groups is 2. The first-order valence-electron chi connectivity index (χ1n) is 4.72. The van der Waals surface area contributed by atoms with Crippen LogP contribution < -0.4 is 5.73 Å². The van der Waals surface area contributed by atoms with E-state index in [9.17, 15) is 9.59 Å². The number of amides is 1. The van der Waals surface area contributed by atoms with E-state index in [4.69, 9.17) is 15.6 Å². The van der Waals surface area contributed by atoms with Gasteiger partial charge in [0.1, 0.15) is 6.54 Å². The number of nitrogens with zero attached hydrogens (tertiary/aromatic N) is 3. The van der Waals surface area contributed by atoms with Gasteiger partial charge in [0.05, 0.1) is 6.61 Å². The van der Waals surface area contributed by atoms with Crippen LogP contribution in [0.3, 0.4) is 0 Å². The zero-order valence-corrected chi connectivity index (χ0v) is 9.21. The van der Waals surface area contributed by atoms with E-state index in [1.54, 1.807) is 0 Å². The Morgan fingerprint density at radius 2 is 2.29 bits per heavy atom. The van der Waals surface area contributed by atoms with Gasteiger partial charge in [-0.1, -0.05) is 0 Å². The van der Waals surface area contributed by atoms with Crippen molar-refractivity contribution in [3.05, 3.63) is 5.82 Å². The first-order chi connectivity index (χ1) is 8.04. The molecule has 17 heavy (non-hydrogen) atoms. The number of aromatic nitrogens is 3. The molecule has 1 aromatic rings. The molecule has 0 bridgehead atoms. The molecule has 9 heteroatoms. The molecule has 0 atom stereocenters. The number of methoxy groups -OCH3 is 1. The van der Waals surface area contributed by atoms with Crippen molar-refractivity contribution in [1.29, 1.82) is 0 Å². The number of hydrogen-bond donors (Lipinski definition) is 3. The van der Waals surface area contributed by atoms with Gasteiger partial charge in [-0.2, -0.15) is 4.98 Å². The molecule has 0 saturated heterocycles. The van der Waals surface area contributed by atoms with E-state index >= 15 is 0 Å². The predicted octanol–water partition coefficient (Wildman–Crippen LogP) is -1.44. The molecule has 94 valence electrons. The van der Waals surface area contributed by atoms with E-state index in [0.29, 0.717) is 0 Å². The molecule has 0 aliphatic heterocycles. The Hall–Kier alpha value is -2.16. The van der Waals surface area contributed by atoms with Crippen molar-refractivity contribution in [2.45, 2.75) is 0 Å². The van der Waals surface area contributed by atoms with Gasteiger partial charge >= 0.3 is 5.97 Å². The molecule has 1 aromatic heterocycles. The van der Waals surface area contributed by atoms with Crippen molar-refractivity contribution in [3.63, 3.8) is 0 Å². The van der Waals surface area contributed by atoms with Crippen LogP contribution in [0, 0.1) is 0 Å². The van der Waals surface area contributed by atoms with Crippen molar-refractivity contribution < 1.29 is 19.4 Å². The second-order valence-corrected chi connectivity index (χ2v) is 3.16. The summed E-state index contributed by atoms with van der Waals surface area (Å²) in [5.41, 5.74) is 5.25. The third-order valence-electron chi connectivity index (χ3n) is 1.88. The van der Waals surface area contributed by atoms with Crippen molar-refractivity contribution >= 4 is 17.8 Å². The normalized spacial score (nSPS) is 10.2. The summed E-state index contributed by atoms with van der Waals surface area (Å²) < 4.78 is 4.79. The number of ether oxygens (including phenoxy) is 1. The third kappa shape index (κ3) is 3.72. The van der Waals surface area contributed by atoms with Crippen LogP contribution in [0.4, 0.5) is 5.95 Å². The van der Waals surface area contributed by atoms with Gasteiger partial charge in [-0.3, -0.25) is 14.7 Å². The number of carbonyl (C=O) groups excluding carboxylic acids is 1. The lowest BCUT2D eigenvalue weighted by atomic mass is 10.4. The second kappa shape index (κ2) is 5.80. The lowest BCUT2D eigenvalue weighted by molar-refractivity contribution is -0.137. The summed E-state index contributed by atoms with van der Waals surface area (Å²) >= 11 is 0. The highest BCUT2D eigenvalue weighted by Gasteiger charge is 2.21. The molecule has 1 heterocycles. The number of rotatable bonds is 6. The summed E-state index contributed by atoms with van der Waals surface area (Å²) in [7, 11) is 1.45. The van der Waals surface area contributed by atoms with Crippen molar-refractivity contribution in [1.82, 2.24) is 20.1 Å². The van der Waals surface area contributed by atoms with Crippen LogP contribution in [0.15, 0.2) is 0 Å². The van der Waals surface area contributed by atoms with Crippen LogP contribution in [0.25, 0.3) is 0 Å². The number of carboxylic acid groups (broad SMARTS) is 1. The molecule has 1 amide bonds. The quantitative estimate of drug-likeness (QED) is 0.556. The minimum absolute atomic E-state index is 0.0737. The number of nitrogens with one attached hydrogen (secondary N) is 1. The minimum Gasteiger partial charge on any atom is -0.480 e. The van der Waals surface area contributed by atoms with Gasteiger partial charge in [-0.15, -0.1) is 5.10 Å². The Bertz CT molecular complexity index is 404. The molecule has 0 fully saturated rings. The topological polar surface area (TPSA) is 134 Å². The van der Waals surface area contributed by atoms with Crippen LogP contribution in [-0.4, -0.2) is 63.9 Å². The van der Waals surface area contributed by atoms with Crippen LogP contribution >= 0.6 is 0 Å². The van der Waals surface area contributed by atoms with E-state index in [1.807, 2.05) is 0 Å². The molecule has 0 aliphatic rings. The summed E-state index contributed by atoms with van der Waals surface area (Å²) in [6.45, 7) is -0.0757. The fourth-order valence-corrected chi connectivity index (χ4v) is 1.14. The van der Waals surface area contributed by atoms with Crippen LogP contribution in [0.2, 0.25) is 0 Å². The van der Waals surface area contributed by atoms with Gasteiger partial charge in [-0.25, -0.2) is 0 Å². The van der Waals surface area contributed by atoms with E-state index in [1.165, 1.54) is 7.11 Å². The maximum Gasteiger partial charge on any atom is 0.323 e. The summed E-state index contributed by atoms with van der Waals surface area (Å²) in [5.74, 6) is -1.88. The number of carboxylic acids is 1. The molecular formula is C8H13N5O4.